The summed E-state index contributed by atoms with van der Waals surface area (Å²) in [7, 11) is -2.11. The minimum absolute atomic E-state index is 0.0365. The zero-order valence-electron chi connectivity index (χ0n) is 8.60. The van der Waals surface area contributed by atoms with Gasteiger partial charge >= 0.3 is 0 Å². The smallest absolute Gasteiger partial charge is 0.255 e. The Hall–Kier alpha value is -1.50. The Bertz CT molecular complexity index is 496. The van der Waals surface area contributed by atoms with Gasteiger partial charge in [-0.2, -0.15) is 0 Å². The lowest BCUT2D eigenvalue weighted by atomic mass is 10.3. The van der Waals surface area contributed by atoms with Gasteiger partial charge in [0.15, 0.2) is 14.9 Å². The highest BCUT2D eigenvalue weighted by molar-refractivity contribution is 7.90. The van der Waals surface area contributed by atoms with Crippen LogP contribution in [0.2, 0.25) is 0 Å². The van der Waals surface area contributed by atoms with Gasteiger partial charge in [-0.25, -0.2) is 18.4 Å². The Morgan fingerprint density at radius 3 is 2.53 bits per heavy atom. The second kappa shape index (κ2) is 3.93. The predicted octanol–water partition coefficient (Wildman–Crippen LogP) is -0.452. The van der Waals surface area contributed by atoms with Crippen molar-refractivity contribution in [3.05, 3.63) is 17.6 Å². The zero-order chi connectivity index (χ0) is 11.6. The van der Waals surface area contributed by atoms with Crippen LogP contribution in [0.25, 0.3) is 0 Å². The molecule has 1 aromatic rings. The summed E-state index contributed by atoms with van der Waals surface area (Å²) in [5.41, 5.74) is -0.0365. The second-order valence-corrected chi connectivity index (χ2v) is 4.92. The number of aryl methyl sites for hydroxylation is 1. The van der Waals surface area contributed by atoms with Crippen LogP contribution in [0.4, 0.5) is 0 Å². The van der Waals surface area contributed by atoms with E-state index in [4.69, 9.17) is 0 Å². The van der Waals surface area contributed by atoms with Crippen molar-refractivity contribution in [3.63, 3.8) is 0 Å². The van der Waals surface area contributed by atoms with Crippen molar-refractivity contribution in [2.45, 2.75) is 11.9 Å². The van der Waals surface area contributed by atoms with Gasteiger partial charge in [-0.3, -0.25) is 4.79 Å². The Kier molecular flexibility index (Phi) is 3.04. The molecule has 0 saturated carbocycles. The molecule has 0 aliphatic heterocycles. The van der Waals surface area contributed by atoms with Crippen LogP contribution in [-0.4, -0.2) is 37.6 Å². The molecule has 15 heavy (non-hydrogen) atoms. The van der Waals surface area contributed by atoms with Gasteiger partial charge in [0.05, 0.1) is 5.56 Å². The third-order valence-electron chi connectivity index (χ3n) is 1.70. The Morgan fingerprint density at radius 2 is 2.07 bits per heavy atom. The highest BCUT2D eigenvalue weighted by Gasteiger charge is 2.20. The zero-order valence-corrected chi connectivity index (χ0v) is 9.42. The lowest BCUT2D eigenvalue weighted by Gasteiger charge is -2.05. The summed E-state index contributed by atoms with van der Waals surface area (Å²) < 4.78 is 22.7. The number of hydrogen-bond acceptors (Lipinski definition) is 5. The number of aromatic nitrogens is 2. The molecular weight excluding hydrogens is 218 g/mol. The van der Waals surface area contributed by atoms with Gasteiger partial charge in [-0.15, -0.1) is 0 Å². The number of carbonyl (C=O) groups is 1. The third kappa shape index (κ3) is 2.50. The van der Waals surface area contributed by atoms with E-state index < -0.39 is 15.7 Å². The molecule has 0 spiro atoms. The van der Waals surface area contributed by atoms with Crippen LogP contribution >= 0.6 is 0 Å². The lowest BCUT2D eigenvalue weighted by Crippen LogP contribution is -2.22. The normalized spacial score (nSPS) is 11.1. The van der Waals surface area contributed by atoms with Gasteiger partial charge in [0.2, 0.25) is 0 Å². The van der Waals surface area contributed by atoms with E-state index >= 15 is 0 Å². The molecule has 0 unspecified atom stereocenters. The lowest BCUT2D eigenvalue weighted by molar-refractivity contribution is 0.0958. The Morgan fingerprint density at radius 1 is 1.47 bits per heavy atom. The first-order chi connectivity index (χ1) is 6.86. The maximum atomic E-state index is 11.4. The summed E-state index contributed by atoms with van der Waals surface area (Å²) in [6.45, 7) is 1.56. The predicted molar refractivity (Wildman–Crippen MR) is 53.3 cm³/mol. The molecule has 1 amide bonds. The van der Waals surface area contributed by atoms with Gasteiger partial charge < -0.3 is 5.32 Å². The molecule has 0 atom stereocenters. The molecule has 0 fully saturated rings. The van der Waals surface area contributed by atoms with E-state index in [-0.39, 0.29) is 10.6 Å². The average Bonchev–Trinajstić information content (AvgIpc) is 2.15. The van der Waals surface area contributed by atoms with Crippen molar-refractivity contribution < 1.29 is 13.2 Å². The maximum absolute atomic E-state index is 11.4. The van der Waals surface area contributed by atoms with Crippen molar-refractivity contribution in [1.29, 1.82) is 0 Å². The highest BCUT2D eigenvalue weighted by atomic mass is 32.2. The van der Waals surface area contributed by atoms with E-state index in [2.05, 4.69) is 15.3 Å². The molecule has 0 saturated heterocycles. The topological polar surface area (TPSA) is 89.0 Å². The second-order valence-electron chi connectivity index (χ2n) is 2.99. The van der Waals surface area contributed by atoms with Gasteiger partial charge in [0.1, 0.15) is 5.82 Å². The fourth-order valence-electron chi connectivity index (χ4n) is 1.02. The monoisotopic (exact) mass is 229 g/mol. The molecule has 7 heteroatoms. The molecule has 1 rings (SSSR count). The number of amides is 1. The fraction of sp³-hybridized carbons (Fsp3) is 0.375. The van der Waals surface area contributed by atoms with E-state index in [0.717, 1.165) is 6.26 Å². The van der Waals surface area contributed by atoms with Crippen LogP contribution in [0.5, 0.6) is 0 Å². The highest BCUT2D eigenvalue weighted by Crippen LogP contribution is 2.11. The van der Waals surface area contributed by atoms with Crippen molar-refractivity contribution in [3.8, 4) is 0 Å². The van der Waals surface area contributed by atoms with Crippen LogP contribution < -0.4 is 5.32 Å². The molecule has 1 aromatic heterocycles. The number of hydrogen-bond donors (Lipinski definition) is 1. The number of sulfone groups is 1. The molecule has 0 aromatic carbocycles. The fourth-order valence-corrected chi connectivity index (χ4v) is 1.87. The van der Waals surface area contributed by atoms with Crippen LogP contribution in [0.3, 0.4) is 0 Å². The molecular formula is C8H11N3O3S. The van der Waals surface area contributed by atoms with Crippen LogP contribution in [0.15, 0.2) is 11.2 Å². The molecule has 0 radical (unpaired) electrons. The first-order valence-electron chi connectivity index (χ1n) is 4.12. The average molecular weight is 229 g/mol. The van der Waals surface area contributed by atoms with Crippen LogP contribution in [0.1, 0.15) is 16.2 Å². The van der Waals surface area contributed by atoms with E-state index in [0.29, 0.717) is 5.82 Å². The van der Waals surface area contributed by atoms with E-state index in [9.17, 15) is 13.2 Å². The SMILES string of the molecule is CNC(=O)c1cnc(C)nc1S(C)(=O)=O. The van der Waals surface area contributed by atoms with Crippen LogP contribution in [0, 0.1) is 6.92 Å². The largest absolute Gasteiger partial charge is 0.355 e. The van der Waals surface area contributed by atoms with Gasteiger partial charge in [0.25, 0.3) is 5.91 Å². The first-order valence-corrected chi connectivity index (χ1v) is 6.01. The molecule has 82 valence electrons. The van der Waals surface area contributed by atoms with E-state index in [1.165, 1.54) is 13.2 Å². The van der Waals surface area contributed by atoms with Crippen molar-refractivity contribution in [2.24, 2.45) is 0 Å². The van der Waals surface area contributed by atoms with Gasteiger partial charge in [-0.05, 0) is 6.92 Å². The summed E-state index contributed by atoms with van der Waals surface area (Å²) in [6, 6.07) is 0. The minimum Gasteiger partial charge on any atom is -0.355 e. The molecule has 0 bridgehead atoms. The number of nitrogens with one attached hydrogen (secondary N) is 1. The van der Waals surface area contributed by atoms with Crippen molar-refractivity contribution in [1.82, 2.24) is 15.3 Å². The van der Waals surface area contributed by atoms with Gasteiger partial charge in [0, 0.05) is 19.5 Å². The number of nitrogens with zero attached hydrogens (tertiary/aromatic N) is 2. The molecule has 0 aliphatic carbocycles. The maximum Gasteiger partial charge on any atom is 0.255 e. The molecule has 1 heterocycles. The number of carbonyl (C=O) groups excluding carboxylic acids is 1. The van der Waals surface area contributed by atoms with Crippen molar-refractivity contribution in [2.75, 3.05) is 13.3 Å². The van der Waals surface area contributed by atoms with Crippen molar-refractivity contribution >= 4 is 15.7 Å². The van der Waals surface area contributed by atoms with E-state index in [1.54, 1.807) is 6.92 Å². The molecule has 6 nitrogen and oxygen atoms in total. The van der Waals surface area contributed by atoms with Gasteiger partial charge in [-0.1, -0.05) is 0 Å². The minimum atomic E-state index is -3.52. The summed E-state index contributed by atoms with van der Waals surface area (Å²) in [6.07, 6.45) is 2.21. The Labute approximate surface area is 87.7 Å². The first kappa shape index (κ1) is 11.6. The standard InChI is InChI=1S/C8H11N3O3S/c1-5-10-4-6(7(12)9-2)8(11-5)15(3,13)14/h4H,1-3H3,(H,9,12). The quantitative estimate of drug-likeness (QED) is 0.694. The van der Waals surface area contributed by atoms with E-state index in [1.807, 2.05) is 0 Å². The Balaban J connectivity index is 3.47. The summed E-state index contributed by atoms with van der Waals surface area (Å²) in [5.74, 6) is -0.210. The third-order valence-corrected chi connectivity index (χ3v) is 2.71. The number of rotatable bonds is 2. The summed E-state index contributed by atoms with van der Waals surface area (Å²) >= 11 is 0. The summed E-state index contributed by atoms with van der Waals surface area (Å²) in [4.78, 5) is 18.9. The molecule has 0 aliphatic rings. The van der Waals surface area contributed by atoms with Crippen LogP contribution in [-0.2, 0) is 9.84 Å². The molecule has 1 N–H and O–H groups in total. The summed E-state index contributed by atoms with van der Waals surface area (Å²) in [5, 5.41) is 2.09.